The number of nitrogens with zero attached hydrogens (tertiary/aromatic N) is 3. The molecule has 1 aliphatic heterocycles. The van der Waals surface area contributed by atoms with Crippen LogP contribution in [0.15, 0.2) is 48.7 Å². The van der Waals surface area contributed by atoms with Gasteiger partial charge in [-0.2, -0.15) is 0 Å². The molecule has 0 radical (unpaired) electrons. The quantitative estimate of drug-likeness (QED) is 0.765. The lowest BCUT2D eigenvalue weighted by Crippen LogP contribution is -2.39. The molecule has 0 saturated carbocycles. The molecule has 1 aromatic carbocycles. The van der Waals surface area contributed by atoms with Crippen LogP contribution < -0.4 is 9.47 Å². The zero-order valence-electron chi connectivity index (χ0n) is 16.0. The maximum Gasteiger partial charge on any atom is 0.272 e. The van der Waals surface area contributed by atoms with Crippen LogP contribution in [0.2, 0.25) is 0 Å². The average molecular weight is 383 g/mol. The molecular formula is C21H25N3O4. The summed E-state index contributed by atoms with van der Waals surface area (Å²) >= 11 is 0. The third-order valence-corrected chi connectivity index (χ3v) is 4.52. The molecule has 1 aromatic heterocycles. The van der Waals surface area contributed by atoms with E-state index in [9.17, 15) is 9.59 Å². The van der Waals surface area contributed by atoms with Crippen molar-refractivity contribution in [2.45, 2.75) is 13.3 Å². The third kappa shape index (κ3) is 5.22. The van der Waals surface area contributed by atoms with Gasteiger partial charge < -0.3 is 19.3 Å². The van der Waals surface area contributed by atoms with E-state index in [1.165, 1.54) is 0 Å². The molecule has 0 N–H and O–H groups in total. The first-order chi connectivity index (χ1) is 13.7. The van der Waals surface area contributed by atoms with Crippen LogP contribution in [0, 0.1) is 0 Å². The number of amides is 2. The molecule has 1 saturated heterocycles. The van der Waals surface area contributed by atoms with Gasteiger partial charge in [0.05, 0.1) is 6.61 Å². The Morgan fingerprint density at radius 3 is 2.29 bits per heavy atom. The summed E-state index contributed by atoms with van der Waals surface area (Å²) in [4.78, 5) is 32.7. The number of carbonyl (C=O) groups excluding carboxylic acids is 2. The van der Waals surface area contributed by atoms with Gasteiger partial charge in [0.25, 0.3) is 11.8 Å². The van der Waals surface area contributed by atoms with Gasteiger partial charge in [0.15, 0.2) is 6.61 Å². The van der Waals surface area contributed by atoms with Crippen LogP contribution in [-0.4, -0.2) is 66.0 Å². The van der Waals surface area contributed by atoms with Crippen molar-refractivity contribution < 1.29 is 19.1 Å². The highest BCUT2D eigenvalue weighted by Gasteiger charge is 2.23. The van der Waals surface area contributed by atoms with E-state index in [0.29, 0.717) is 44.2 Å². The zero-order chi connectivity index (χ0) is 19.8. The Kier molecular flexibility index (Phi) is 6.84. The van der Waals surface area contributed by atoms with E-state index < -0.39 is 0 Å². The maximum atomic E-state index is 12.5. The highest BCUT2D eigenvalue weighted by Crippen LogP contribution is 2.17. The Morgan fingerprint density at radius 1 is 0.929 bits per heavy atom. The van der Waals surface area contributed by atoms with Gasteiger partial charge in [-0.15, -0.1) is 0 Å². The molecule has 0 aliphatic carbocycles. The Hall–Kier alpha value is -3.09. The Morgan fingerprint density at radius 2 is 1.61 bits per heavy atom. The highest BCUT2D eigenvalue weighted by molar-refractivity contribution is 5.92. The molecule has 2 aromatic rings. The second-order valence-electron chi connectivity index (χ2n) is 6.43. The van der Waals surface area contributed by atoms with Crippen LogP contribution in [-0.2, 0) is 4.79 Å². The largest absolute Gasteiger partial charge is 0.494 e. The average Bonchev–Trinajstić information content (AvgIpc) is 3.00. The van der Waals surface area contributed by atoms with Gasteiger partial charge >= 0.3 is 0 Å². The molecule has 3 rings (SSSR count). The monoisotopic (exact) mass is 383 g/mol. The van der Waals surface area contributed by atoms with E-state index in [1.807, 2.05) is 19.1 Å². The summed E-state index contributed by atoms with van der Waals surface area (Å²) in [7, 11) is 0. The number of carbonyl (C=O) groups is 2. The van der Waals surface area contributed by atoms with Crippen molar-refractivity contribution in [2.24, 2.45) is 0 Å². The second kappa shape index (κ2) is 9.73. The lowest BCUT2D eigenvalue weighted by Gasteiger charge is -2.22. The fourth-order valence-corrected chi connectivity index (χ4v) is 3.06. The van der Waals surface area contributed by atoms with E-state index in [2.05, 4.69) is 4.98 Å². The Bertz CT molecular complexity index is 780. The molecule has 2 amide bonds. The first-order valence-corrected chi connectivity index (χ1v) is 9.51. The summed E-state index contributed by atoms with van der Waals surface area (Å²) in [5.41, 5.74) is 0.432. The lowest BCUT2D eigenvalue weighted by molar-refractivity contribution is -0.133. The third-order valence-electron chi connectivity index (χ3n) is 4.52. The minimum atomic E-state index is -0.0967. The number of hydrogen-bond acceptors (Lipinski definition) is 5. The fraction of sp³-hybridized carbons (Fsp3) is 0.381. The predicted octanol–water partition coefficient (Wildman–Crippen LogP) is 2.23. The number of aromatic nitrogens is 1. The minimum absolute atomic E-state index is 0.0256. The summed E-state index contributed by atoms with van der Waals surface area (Å²) in [6.45, 7) is 4.70. The number of rotatable bonds is 6. The summed E-state index contributed by atoms with van der Waals surface area (Å²) < 4.78 is 11.0. The number of benzene rings is 1. The molecule has 28 heavy (non-hydrogen) atoms. The van der Waals surface area contributed by atoms with Crippen molar-refractivity contribution in [3.8, 4) is 11.5 Å². The van der Waals surface area contributed by atoms with Gasteiger partial charge in [-0.3, -0.25) is 14.6 Å². The first kappa shape index (κ1) is 19.7. The van der Waals surface area contributed by atoms with E-state index in [-0.39, 0.29) is 18.4 Å². The van der Waals surface area contributed by atoms with Crippen molar-refractivity contribution in [3.05, 3.63) is 54.4 Å². The van der Waals surface area contributed by atoms with E-state index >= 15 is 0 Å². The summed E-state index contributed by atoms with van der Waals surface area (Å²) in [5.74, 6) is 1.21. The standard InChI is InChI=1S/C21H25N3O4/c1-2-27-17-7-9-18(10-8-17)28-16-20(25)23-12-5-13-24(15-14-23)21(26)19-6-3-4-11-22-19/h3-4,6-11H,2,5,12-16H2,1H3. The number of pyridine rings is 1. The normalized spacial score (nSPS) is 14.3. The van der Waals surface area contributed by atoms with E-state index in [1.54, 1.807) is 46.3 Å². The minimum Gasteiger partial charge on any atom is -0.494 e. The van der Waals surface area contributed by atoms with Crippen LogP contribution in [0.1, 0.15) is 23.8 Å². The van der Waals surface area contributed by atoms with Crippen LogP contribution in [0.3, 0.4) is 0 Å². The van der Waals surface area contributed by atoms with Crippen LogP contribution in [0.4, 0.5) is 0 Å². The molecule has 0 unspecified atom stereocenters. The Labute approximate surface area is 164 Å². The molecule has 148 valence electrons. The molecular weight excluding hydrogens is 358 g/mol. The fourth-order valence-electron chi connectivity index (χ4n) is 3.06. The molecule has 1 fully saturated rings. The molecule has 1 aliphatic rings. The van der Waals surface area contributed by atoms with Gasteiger partial charge in [0.2, 0.25) is 0 Å². The van der Waals surface area contributed by atoms with Crippen LogP contribution in [0.5, 0.6) is 11.5 Å². The first-order valence-electron chi connectivity index (χ1n) is 9.51. The van der Waals surface area contributed by atoms with Gasteiger partial charge in [-0.05, 0) is 49.7 Å². The van der Waals surface area contributed by atoms with Crippen molar-refractivity contribution in [1.29, 1.82) is 0 Å². The highest BCUT2D eigenvalue weighted by atomic mass is 16.5. The SMILES string of the molecule is CCOc1ccc(OCC(=O)N2CCCN(C(=O)c3ccccn3)CC2)cc1. The number of hydrogen-bond donors (Lipinski definition) is 0. The zero-order valence-corrected chi connectivity index (χ0v) is 16.0. The van der Waals surface area contributed by atoms with Gasteiger partial charge in [-0.1, -0.05) is 6.07 Å². The van der Waals surface area contributed by atoms with Crippen LogP contribution >= 0.6 is 0 Å². The van der Waals surface area contributed by atoms with E-state index in [0.717, 1.165) is 12.2 Å². The molecule has 0 spiro atoms. The smallest absolute Gasteiger partial charge is 0.272 e. The predicted molar refractivity (Wildman–Crippen MR) is 104 cm³/mol. The van der Waals surface area contributed by atoms with Gasteiger partial charge in [-0.25, -0.2) is 0 Å². The van der Waals surface area contributed by atoms with Crippen molar-refractivity contribution >= 4 is 11.8 Å². The maximum absolute atomic E-state index is 12.5. The van der Waals surface area contributed by atoms with E-state index in [4.69, 9.17) is 9.47 Å². The van der Waals surface area contributed by atoms with Gasteiger partial charge in [0, 0.05) is 32.4 Å². The summed E-state index contributed by atoms with van der Waals surface area (Å²) in [6.07, 6.45) is 2.34. The second-order valence-corrected chi connectivity index (χ2v) is 6.43. The molecule has 7 nitrogen and oxygen atoms in total. The topological polar surface area (TPSA) is 72.0 Å². The summed E-state index contributed by atoms with van der Waals surface area (Å²) in [6, 6.07) is 12.5. The Balaban J connectivity index is 1.49. The van der Waals surface area contributed by atoms with Crippen molar-refractivity contribution in [2.75, 3.05) is 39.4 Å². The molecule has 0 atom stereocenters. The van der Waals surface area contributed by atoms with Gasteiger partial charge in [0.1, 0.15) is 17.2 Å². The van der Waals surface area contributed by atoms with Crippen LogP contribution in [0.25, 0.3) is 0 Å². The lowest BCUT2D eigenvalue weighted by atomic mass is 10.3. The molecule has 2 heterocycles. The van der Waals surface area contributed by atoms with Crippen molar-refractivity contribution in [3.63, 3.8) is 0 Å². The number of ether oxygens (including phenoxy) is 2. The van der Waals surface area contributed by atoms with Crippen molar-refractivity contribution in [1.82, 2.24) is 14.8 Å². The summed E-state index contributed by atoms with van der Waals surface area (Å²) in [5, 5.41) is 0. The molecule has 7 heteroatoms. The molecule has 0 bridgehead atoms.